The van der Waals surface area contributed by atoms with E-state index in [4.69, 9.17) is 4.42 Å². The van der Waals surface area contributed by atoms with E-state index in [9.17, 15) is 9.59 Å². The van der Waals surface area contributed by atoms with E-state index >= 15 is 0 Å². The maximum atomic E-state index is 14.0. The van der Waals surface area contributed by atoms with Crippen molar-refractivity contribution in [1.82, 2.24) is 5.01 Å². The van der Waals surface area contributed by atoms with Gasteiger partial charge in [-0.05, 0) is 37.1 Å². The van der Waals surface area contributed by atoms with Crippen LogP contribution in [-0.2, 0) is 11.2 Å². The molecule has 0 unspecified atom stereocenters. The van der Waals surface area contributed by atoms with Crippen LogP contribution in [0.15, 0.2) is 40.8 Å². The van der Waals surface area contributed by atoms with Gasteiger partial charge in [0.2, 0.25) is 5.91 Å². The lowest BCUT2D eigenvalue weighted by Crippen LogP contribution is -2.47. The summed E-state index contributed by atoms with van der Waals surface area (Å²) in [5.41, 5.74) is 4.39. The molecule has 0 saturated heterocycles. The van der Waals surface area contributed by atoms with Gasteiger partial charge < -0.3 is 4.42 Å². The highest BCUT2D eigenvalue weighted by atomic mass is 16.3. The number of carbonyl (C=O) groups is 2. The normalized spacial score (nSPS) is 11.3. The summed E-state index contributed by atoms with van der Waals surface area (Å²) in [4.78, 5) is 27.1. The number of anilines is 1. The van der Waals surface area contributed by atoms with E-state index < -0.39 is 0 Å². The number of nitrogens with zero attached hydrogens (tertiary/aromatic N) is 2. The highest BCUT2D eigenvalue weighted by molar-refractivity contribution is 6.20. The monoisotopic (exact) mass is 420 g/mol. The second kappa shape index (κ2) is 9.48. The molecular formula is C26H32N2O3. The fourth-order valence-corrected chi connectivity index (χ4v) is 4.22. The molecule has 0 aliphatic carbocycles. The molecule has 0 aliphatic rings. The first kappa shape index (κ1) is 22.8. The Hall–Kier alpha value is -2.92. The summed E-state index contributed by atoms with van der Waals surface area (Å²) in [5.74, 6) is 0.537. The molecular weight excluding hydrogens is 388 g/mol. The summed E-state index contributed by atoms with van der Waals surface area (Å²) in [5, 5.41) is 4.50. The summed E-state index contributed by atoms with van der Waals surface area (Å²) < 4.78 is 6.00. The Bertz CT molecular complexity index is 1110. The van der Waals surface area contributed by atoms with Crippen LogP contribution in [0.2, 0.25) is 0 Å². The zero-order chi connectivity index (χ0) is 22.7. The first-order chi connectivity index (χ1) is 14.9. The van der Waals surface area contributed by atoms with E-state index in [1.165, 1.54) is 0 Å². The number of rotatable bonds is 8. The van der Waals surface area contributed by atoms with E-state index in [1.54, 1.807) is 5.01 Å². The number of furan rings is 1. The van der Waals surface area contributed by atoms with Crippen molar-refractivity contribution in [3.05, 3.63) is 64.4 Å². The van der Waals surface area contributed by atoms with Crippen LogP contribution in [0.25, 0.3) is 11.0 Å². The molecule has 3 rings (SSSR count). The lowest BCUT2D eigenvalue weighted by molar-refractivity contribution is -0.121. The van der Waals surface area contributed by atoms with Crippen molar-refractivity contribution in [2.45, 2.75) is 54.4 Å². The molecule has 1 amide bonds. The molecule has 1 heterocycles. The van der Waals surface area contributed by atoms with E-state index in [0.717, 1.165) is 16.5 Å². The van der Waals surface area contributed by atoms with Crippen molar-refractivity contribution < 1.29 is 14.0 Å². The topological polar surface area (TPSA) is 53.8 Å². The standard InChI is InChI=1S/C26H32N2O3/c1-7-21-24(19-13-11-12-14-22(19)31-21)26(30)20-16-17(5)15-18(6)25(20)28(23(29)8-2)27(9-3)10-4/h11-16H,7-10H2,1-6H3. The van der Waals surface area contributed by atoms with Crippen molar-refractivity contribution in [1.29, 1.82) is 0 Å². The predicted octanol–water partition coefficient (Wildman–Crippen LogP) is 5.84. The third-order valence-corrected chi connectivity index (χ3v) is 5.67. The SMILES string of the molecule is CCC(=O)N(c1c(C)cc(C)cc1C(=O)c1c(CC)oc2ccccc12)N(CC)CC. The lowest BCUT2D eigenvalue weighted by Gasteiger charge is -2.35. The van der Waals surface area contributed by atoms with Gasteiger partial charge >= 0.3 is 0 Å². The number of aryl methyl sites for hydroxylation is 3. The van der Waals surface area contributed by atoms with Gasteiger partial charge in [0.05, 0.1) is 11.3 Å². The highest BCUT2D eigenvalue weighted by Gasteiger charge is 2.30. The molecule has 1 aromatic heterocycles. The summed E-state index contributed by atoms with van der Waals surface area (Å²) in [6.07, 6.45) is 0.968. The minimum Gasteiger partial charge on any atom is -0.460 e. The first-order valence-corrected chi connectivity index (χ1v) is 11.1. The van der Waals surface area contributed by atoms with Gasteiger partial charge in [0.1, 0.15) is 11.3 Å². The Labute approximate surface area is 184 Å². The van der Waals surface area contributed by atoms with E-state index in [1.807, 2.05) is 82.9 Å². The zero-order valence-electron chi connectivity index (χ0n) is 19.4. The fourth-order valence-electron chi connectivity index (χ4n) is 4.22. The Balaban J connectivity index is 2.30. The van der Waals surface area contributed by atoms with Crippen LogP contribution >= 0.6 is 0 Å². The molecule has 0 bridgehead atoms. The number of ketones is 1. The number of benzene rings is 2. The third kappa shape index (κ3) is 4.15. The predicted molar refractivity (Wildman–Crippen MR) is 126 cm³/mol. The number of fused-ring (bicyclic) bond motifs is 1. The minimum atomic E-state index is -0.107. The third-order valence-electron chi connectivity index (χ3n) is 5.67. The molecule has 5 heteroatoms. The van der Waals surface area contributed by atoms with Gasteiger partial charge in [-0.3, -0.25) is 9.59 Å². The average molecular weight is 421 g/mol. The second-order valence-corrected chi connectivity index (χ2v) is 7.76. The number of para-hydroxylation sites is 1. The van der Waals surface area contributed by atoms with Crippen LogP contribution in [0, 0.1) is 13.8 Å². The van der Waals surface area contributed by atoms with Gasteiger partial charge in [-0.15, -0.1) is 0 Å². The highest BCUT2D eigenvalue weighted by Crippen LogP contribution is 2.35. The summed E-state index contributed by atoms with van der Waals surface area (Å²) in [6.45, 7) is 13.1. The average Bonchev–Trinajstić information content (AvgIpc) is 3.15. The Morgan fingerprint density at radius 1 is 0.968 bits per heavy atom. The number of carbonyl (C=O) groups excluding carboxylic acids is 2. The molecule has 5 nitrogen and oxygen atoms in total. The molecule has 0 saturated carbocycles. The van der Waals surface area contributed by atoms with Crippen molar-refractivity contribution >= 4 is 28.3 Å². The second-order valence-electron chi connectivity index (χ2n) is 7.76. The molecule has 2 aromatic carbocycles. The molecule has 0 radical (unpaired) electrons. The molecule has 0 atom stereocenters. The summed E-state index contributed by atoms with van der Waals surface area (Å²) in [7, 11) is 0. The van der Waals surface area contributed by atoms with Crippen LogP contribution < -0.4 is 5.01 Å². The van der Waals surface area contributed by atoms with Crippen LogP contribution in [0.5, 0.6) is 0 Å². The van der Waals surface area contributed by atoms with Crippen molar-refractivity contribution in [2.24, 2.45) is 0 Å². The molecule has 0 fully saturated rings. The Kier molecular flexibility index (Phi) is 6.96. The van der Waals surface area contributed by atoms with Gasteiger partial charge in [0.25, 0.3) is 0 Å². The number of hydrogen-bond acceptors (Lipinski definition) is 4. The molecule has 0 N–H and O–H groups in total. The van der Waals surface area contributed by atoms with Gasteiger partial charge in [-0.2, -0.15) is 0 Å². The van der Waals surface area contributed by atoms with Crippen LogP contribution in [0.1, 0.15) is 66.9 Å². The van der Waals surface area contributed by atoms with Gasteiger partial charge in [0, 0.05) is 36.9 Å². The maximum absolute atomic E-state index is 14.0. The quantitative estimate of drug-likeness (QED) is 0.339. The minimum absolute atomic E-state index is 0.0301. The molecule has 0 spiro atoms. The van der Waals surface area contributed by atoms with Gasteiger partial charge in [-0.1, -0.05) is 52.0 Å². The Morgan fingerprint density at radius 2 is 1.65 bits per heavy atom. The number of amides is 1. The fraction of sp³-hybridized carbons (Fsp3) is 0.385. The van der Waals surface area contributed by atoms with E-state index in [-0.39, 0.29) is 11.7 Å². The van der Waals surface area contributed by atoms with Crippen molar-refractivity contribution in [2.75, 3.05) is 18.1 Å². The largest absolute Gasteiger partial charge is 0.460 e. The smallest absolute Gasteiger partial charge is 0.241 e. The van der Waals surface area contributed by atoms with Crippen LogP contribution in [0.4, 0.5) is 5.69 Å². The van der Waals surface area contributed by atoms with Crippen LogP contribution in [-0.4, -0.2) is 29.8 Å². The van der Waals surface area contributed by atoms with Gasteiger partial charge in [-0.25, -0.2) is 10.0 Å². The van der Waals surface area contributed by atoms with Crippen LogP contribution in [0.3, 0.4) is 0 Å². The summed E-state index contributed by atoms with van der Waals surface area (Å²) in [6, 6.07) is 11.6. The number of hydrazine groups is 1. The lowest BCUT2D eigenvalue weighted by atomic mass is 9.94. The van der Waals surface area contributed by atoms with Crippen molar-refractivity contribution in [3.63, 3.8) is 0 Å². The first-order valence-electron chi connectivity index (χ1n) is 11.1. The zero-order valence-corrected chi connectivity index (χ0v) is 19.4. The summed E-state index contributed by atoms with van der Waals surface area (Å²) >= 11 is 0. The molecule has 0 aliphatic heterocycles. The molecule has 31 heavy (non-hydrogen) atoms. The Morgan fingerprint density at radius 3 is 2.26 bits per heavy atom. The van der Waals surface area contributed by atoms with Gasteiger partial charge in [0.15, 0.2) is 5.78 Å². The number of hydrogen-bond donors (Lipinski definition) is 0. The molecule has 164 valence electrons. The van der Waals surface area contributed by atoms with E-state index in [0.29, 0.717) is 54.1 Å². The van der Waals surface area contributed by atoms with E-state index in [2.05, 4.69) is 0 Å². The molecule has 3 aromatic rings. The van der Waals surface area contributed by atoms with Crippen molar-refractivity contribution in [3.8, 4) is 0 Å². The maximum Gasteiger partial charge on any atom is 0.241 e.